The topological polar surface area (TPSA) is 63.5 Å². The molecule has 0 aromatic carbocycles. The molecule has 1 amide bonds. The summed E-state index contributed by atoms with van der Waals surface area (Å²) in [7, 11) is 0. The molecule has 0 aliphatic rings. The molecule has 0 bridgehead atoms. The molecule has 0 aliphatic heterocycles. The molecular weight excluding hydrogens is 208 g/mol. The van der Waals surface area contributed by atoms with Gasteiger partial charge in [-0.05, 0) is 19.9 Å². The lowest BCUT2D eigenvalue weighted by atomic mass is 10.2. The molecule has 0 saturated carbocycles. The second-order valence-corrected chi connectivity index (χ2v) is 3.38. The molecule has 0 saturated heterocycles. The van der Waals surface area contributed by atoms with Gasteiger partial charge >= 0.3 is 6.09 Å². The summed E-state index contributed by atoms with van der Waals surface area (Å²) in [6.07, 6.45) is 2.97. The van der Waals surface area contributed by atoms with Crippen LogP contribution in [-0.2, 0) is 4.74 Å². The highest BCUT2D eigenvalue weighted by atomic mass is 16.5. The molecule has 0 aliphatic carbocycles. The van der Waals surface area contributed by atoms with Crippen LogP contribution in [0.5, 0.6) is 0 Å². The normalized spacial score (nSPS) is 12.1. The summed E-state index contributed by atoms with van der Waals surface area (Å²) in [5.41, 5.74) is 1.09. The summed E-state index contributed by atoms with van der Waals surface area (Å²) < 4.78 is 9.71. The Morgan fingerprint density at radius 3 is 3.00 bits per heavy atom. The van der Waals surface area contributed by atoms with E-state index in [0.29, 0.717) is 19.7 Å². The number of hydrogen-bond acceptors (Lipinski definition) is 4. The zero-order valence-corrected chi connectivity index (χ0v) is 9.66. The van der Waals surface area contributed by atoms with Crippen molar-refractivity contribution in [3.63, 3.8) is 0 Å². The SMILES string of the molecule is CCOC(=O)NCCNC(C)c1ccoc1. The molecular formula is C11H18N2O3. The quantitative estimate of drug-likeness (QED) is 0.724. The molecule has 1 heterocycles. The van der Waals surface area contributed by atoms with Gasteiger partial charge in [-0.3, -0.25) is 0 Å². The Labute approximate surface area is 95.2 Å². The Morgan fingerprint density at radius 2 is 2.38 bits per heavy atom. The summed E-state index contributed by atoms with van der Waals surface area (Å²) in [6, 6.07) is 2.12. The van der Waals surface area contributed by atoms with Crippen molar-refractivity contribution in [2.45, 2.75) is 19.9 Å². The van der Waals surface area contributed by atoms with Crippen molar-refractivity contribution in [3.8, 4) is 0 Å². The molecule has 1 atom stereocenters. The molecule has 90 valence electrons. The third kappa shape index (κ3) is 4.35. The summed E-state index contributed by atoms with van der Waals surface area (Å²) in [5.74, 6) is 0. The van der Waals surface area contributed by atoms with Crippen LogP contribution in [0.1, 0.15) is 25.5 Å². The number of carbonyl (C=O) groups is 1. The predicted molar refractivity (Wildman–Crippen MR) is 60.2 cm³/mol. The van der Waals surface area contributed by atoms with Gasteiger partial charge in [-0.15, -0.1) is 0 Å². The fourth-order valence-corrected chi connectivity index (χ4v) is 1.27. The van der Waals surface area contributed by atoms with Crippen LogP contribution in [0, 0.1) is 0 Å². The first-order chi connectivity index (χ1) is 7.74. The van der Waals surface area contributed by atoms with Gasteiger partial charge in [-0.1, -0.05) is 0 Å². The van der Waals surface area contributed by atoms with Crippen molar-refractivity contribution in [2.75, 3.05) is 19.7 Å². The molecule has 0 spiro atoms. The molecule has 0 radical (unpaired) electrons. The van der Waals surface area contributed by atoms with E-state index in [2.05, 4.69) is 10.6 Å². The van der Waals surface area contributed by atoms with Crippen molar-refractivity contribution in [3.05, 3.63) is 24.2 Å². The largest absolute Gasteiger partial charge is 0.472 e. The maximum atomic E-state index is 10.9. The highest BCUT2D eigenvalue weighted by Gasteiger charge is 2.05. The lowest BCUT2D eigenvalue weighted by molar-refractivity contribution is 0.152. The monoisotopic (exact) mass is 226 g/mol. The highest BCUT2D eigenvalue weighted by molar-refractivity contribution is 5.66. The summed E-state index contributed by atoms with van der Waals surface area (Å²) in [5, 5.41) is 5.89. The first kappa shape index (κ1) is 12.6. The van der Waals surface area contributed by atoms with Crippen LogP contribution in [0.4, 0.5) is 4.79 Å². The Hall–Kier alpha value is -1.49. The number of amides is 1. The third-order valence-electron chi connectivity index (χ3n) is 2.16. The first-order valence-corrected chi connectivity index (χ1v) is 5.40. The average molecular weight is 226 g/mol. The van der Waals surface area contributed by atoms with Crippen molar-refractivity contribution in [1.82, 2.24) is 10.6 Å². The number of nitrogens with one attached hydrogen (secondary N) is 2. The van der Waals surface area contributed by atoms with E-state index >= 15 is 0 Å². The summed E-state index contributed by atoms with van der Waals surface area (Å²) in [6.45, 7) is 5.44. The summed E-state index contributed by atoms with van der Waals surface area (Å²) >= 11 is 0. The maximum Gasteiger partial charge on any atom is 0.407 e. The standard InChI is InChI=1S/C11H18N2O3/c1-3-16-11(14)13-6-5-12-9(2)10-4-7-15-8-10/h4,7-9,12H,3,5-6H2,1-2H3,(H,13,14). The molecule has 1 aromatic rings. The molecule has 5 nitrogen and oxygen atoms in total. The van der Waals surface area contributed by atoms with Gasteiger partial charge in [0.1, 0.15) is 0 Å². The van der Waals surface area contributed by atoms with Gasteiger partial charge in [0, 0.05) is 24.7 Å². The molecule has 5 heteroatoms. The van der Waals surface area contributed by atoms with Gasteiger partial charge in [-0.2, -0.15) is 0 Å². The minimum Gasteiger partial charge on any atom is -0.472 e. The molecule has 2 N–H and O–H groups in total. The van der Waals surface area contributed by atoms with Gasteiger partial charge in [0.15, 0.2) is 0 Å². The van der Waals surface area contributed by atoms with E-state index in [1.807, 2.05) is 13.0 Å². The zero-order chi connectivity index (χ0) is 11.8. The molecule has 1 unspecified atom stereocenters. The second kappa shape index (κ2) is 6.90. The smallest absolute Gasteiger partial charge is 0.407 e. The fourth-order valence-electron chi connectivity index (χ4n) is 1.27. The minimum atomic E-state index is -0.375. The van der Waals surface area contributed by atoms with Gasteiger partial charge in [0.2, 0.25) is 0 Å². The average Bonchev–Trinajstić information content (AvgIpc) is 2.78. The van der Waals surface area contributed by atoms with E-state index in [1.54, 1.807) is 19.5 Å². The van der Waals surface area contributed by atoms with Crippen LogP contribution in [0.25, 0.3) is 0 Å². The van der Waals surface area contributed by atoms with E-state index in [4.69, 9.17) is 9.15 Å². The van der Waals surface area contributed by atoms with Crippen LogP contribution >= 0.6 is 0 Å². The first-order valence-electron chi connectivity index (χ1n) is 5.40. The maximum absolute atomic E-state index is 10.9. The molecule has 1 rings (SSSR count). The lowest BCUT2D eigenvalue weighted by Crippen LogP contribution is -2.33. The van der Waals surface area contributed by atoms with Crippen LogP contribution in [0.3, 0.4) is 0 Å². The summed E-state index contributed by atoms with van der Waals surface area (Å²) in [4.78, 5) is 10.9. The number of carbonyl (C=O) groups excluding carboxylic acids is 1. The fraction of sp³-hybridized carbons (Fsp3) is 0.545. The Kier molecular flexibility index (Phi) is 5.42. The van der Waals surface area contributed by atoms with E-state index in [9.17, 15) is 4.79 Å². The van der Waals surface area contributed by atoms with Crippen molar-refractivity contribution in [1.29, 1.82) is 0 Å². The highest BCUT2D eigenvalue weighted by Crippen LogP contribution is 2.11. The third-order valence-corrected chi connectivity index (χ3v) is 2.16. The number of alkyl carbamates (subject to hydrolysis) is 1. The number of ether oxygens (including phenoxy) is 1. The van der Waals surface area contributed by atoms with E-state index in [-0.39, 0.29) is 12.1 Å². The van der Waals surface area contributed by atoms with Gasteiger partial charge in [0.25, 0.3) is 0 Å². The van der Waals surface area contributed by atoms with E-state index < -0.39 is 0 Å². The van der Waals surface area contributed by atoms with E-state index in [1.165, 1.54) is 0 Å². The molecule has 0 fully saturated rings. The van der Waals surface area contributed by atoms with Crippen LogP contribution in [0.2, 0.25) is 0 Å². The van der Waals surface area contributed by atoms with Gasteiger partial charge < -0.3 is 19.8 Å². The molecule has 16 heavy (non-hydrogen) atoms. The minimum absolute atomic E-state index is 0.211. The van der Waals surface area contributed by atoms with Gasteiger partial charge in [-0.25, -0.2) is 4.79 Å². The molecule has 1 aromatic heterocycles. The van der Waals surface area contributed by atoms with E-state index in [0.717, 1.165) is 5.56 Å². The Bertz CT molecular complexity index is 298. The lowest BCUT2D eigenvalue weighted by Gasteiger charge is -2.12. The number of furan rings is 1. The number of rotatable bonds is 6. The second-order valence-electron chi connectivity index (χ2n) is 3.38. The van der Waals surface area contributed by atoms with Crippen molar-refractivity contribution in [2.24, 2.45) is 0 Å². The predicted octanol–water partition coefficient (Wildman–Crippen LogP) is 1.68. The van der Waals surface area contributed by atoms with Crippen LogP contribution in [-0.4, -0.2) is 25.8 Å². The Balaban J connectivity index is 2.09. The number of hydrogen-bond donors (Lipinski definition) is 2. The van der Waals surface area contributed by atoms with Crippen molar-refractivity contribution >= 4 is 6.09 Å². The Morgan fingerprint density at radius 1 is 1.56 bits per heavy atom. The van der Waals surface area contributed by atoms with Crippen LogP contribution < -0.4 is 10.6 Å². The van der Waals surface area contributed by atoms with Crippen molar-refractivity contribution < 1.29 is 13.9 Å². The van der Waals surface area contributed by atoms with Crippen LogP contribution in [0.15, 0.2) is 23.0 Å². The zero-order valence-electron chi connectivity index (χ0n) is 9.66. The van der Waals surface area contributed by atoms with Gasteiger partial charge in [0.05, 0.1) is 19.1 Å².